The van der Waals surface area contributed by atoms with Crippen LogP contribution in [0.3, 0.4) is 0 Å². The molecule has 1 aromatic carbocycles. The minimum Gasteiger partial charge on any atom is -0.435 e. The number of ketones is 1. The molecule has 2 rings (SSSR count). The number of hydrogen-bond donors (Lipinski definition) is 0. The quantitative estimate of drug-likeness (QED) is 0.346. The van der Waals surface area contributed by atoms with Crippen LogP contribution in [-0.4, -0.2) is 17.3 Å². The summed E-state index contributed by atoms with van der Waals surface area (Å²) in [7, 11) is 0. The van der Waals surface area contributed by atoms with Crippen LogP contribution in [0.15, 0.2) is 41.8 Å². The largest absolute Gasteiger partial charge is 0.435 e. The van der Waals surface area contributed by atoms with Gasteiger partial charge in [0.05, 0.1) is 4.92 Å². The van der Waals surface area contributed by atoms with E-state index in [1.165, 1.54) is 42.5 Å². The van der Waals surface area contributed by atoms with E-state index < -0.39 is 11.5 Å². The SMILES string of the molecule is O=C(/C=C/c1csc([N+](=O)[O-])c1)c1ccc(OC(F)F)cc1. The fourth-order valence-electron chi connectivity index (χ4n) is 1.59. The van der Waals surface area contributed by atoms with Crippen LogP contribution in [0.1, 0.15) is 15.9 Å². The van der Waals surface area contributed by atoms with E-state index in [0.29, 0.717) is 11.1 Å². The molecule has 0 spiro atoms. The van der Waals surface area contributed by atoms with E-state index in [2.05, 4.69) is 4.74 Å². The summed E-state index contributed by atoms with van der Waals surface area (Å²) in [5, 5.41) is 12.1. The van der Waals surface area contributed by atoms with Crippen molar-refractivity contribution in [1.29, 1.82) is 0 Å². The van der Waals surface area contributed by atoms with Crippen LogP contribution in [-0.2, 0) is 0 Å². The summed E-state index contributed by atoms with van der Waals surface area (Å²) in [4.78, 5) is 21.9. The van der Waals surface area contributed by atoms with Crippen LogP contribution in [0.4, 0.5) is 13.8 Å². The molecule has 1 aromatic heterocycles. The summed E-state index contributed by atoms with van der Waals surface area (Å²) in [6, 6.07) is 6.61. The number of nitrogens with zero attached hydrogens (tertiary/aromatic N) is 1. The fraction of sp³-hybridized carbons (Fsp3) is 0.0714. The topological polar surface area (TPSA) is 69.4 Å². The van der Waals surface area contributed by atoms with Gasteiger partial charge in [0.2, 0.25) is 0 Å². The molecular formula is C14H9F2NO4S. The van der Waals surface area contributed by atoms with E-state index in [9.17, 15) is 23.7 Å². The molecule has 0 aliphatic rings. The van der Waals surface area contributed by atoms with Crippen LogP contribution < -0.4 is 4.74 Å². The summed E-state index contributed by atoms with van der Waals surface area (Å²) in [5.41, 5.74) is 0.838. The number of allylic oxidation sites excluding steroid dienone is 1. The molecule has 0 aliphatic heterocycles. The van der Waals surface area contributed by atoms with Gasteiger partial charge in [-0.25, -0.2) is 0 Å². The second-order valence-corrected chi connectivity index (χ2v) is 4.97. The zero-order valence-electron chi connectivity index (χ0n) is 10.9. The molecule has 0 saturated carbocycles. The van der Waals surface area contributed by atoms with Crippen molar-refractivity contribution in [1.82, 2.24) is 0 Å². The molecule has 0 saturated heterocycles. The Hall–Kier alpha value is -2.61. The molecule has 0 unspecified atom stereocenters. The van der Waals surface area contributed by atoms with Crippen molar-refractivity contribution < 1.29 is 23.2 Å². The lowest BCUT2D eigenvalue weighted by atomic mass is 10.1. The van der Waals surface area contributed by atoms with Gasteiger partial charge in [0.1, 0.15) is 5.75 Å². The van der Waals surface area contributed by atoms with E-state index in [4.69, 9.17) is 0 Å². The van der Waals surface area contributed by atoms with Crippen LogP contribution in [0.2, 0.25) is 0 Å². The molecule has 2 aromatic rings. The molecule has 1 heterocycles. The second kappa shape index (κ2) is 6.90. The number of nitro groups is 1. The Kier molecular flexibility index (Phi) is 4.95. The lowest BCUT2D eigenvalue weighted by molar-refractivity contribution is -0.380. The molecule has 0 N–H and O–H groups in total. The van der Waals surface area contributed by atoms with Gasteiger partial charge >= 0.3 is 11.6 Å². The zero-order valence-corrected chi connectivity index (χ0v) is 11.8. The molecular weight excluding hydrogens is 316 g/mol. The summed E-state index contributed by atoms with van der Waals surface area (Å²) in [6.07, 6.45) is 2.71. The van der Waals surface area contributed by atoms with Crippen molar-refractivity contribution >= 4 is 28.2 Å². The third-order valence-corrected chi connectivity index (χ3v) is 3.48. The number of carbonyl (C=O) groups excluding carboxylic acids is 1. The van der Waals surface area contributed by atoms with Crippen LogP contribution >= 0.6 is 11.3 Å². The van der Waals surface area contributed by atoms with Crippen molar-refractivity contribution in [3.8, 4) is 5.75 Å². The van der Waals surface area contributed by atoms with Gasteiger partial charge in [-0.05, 0) is 42.0 Å². The Labute approximate surface area is 127 Å². The summed E-state index contributed by atoms with van der Waals surface area (Å²) in [6.45, 7) is -2.92. The second-order valence-electron chi connectivity index (χ2n) is 4.08. The highest BCUT2D eigenvalue weighted by Gasteiger charge is 2.09. The Balaban J connectivity index is 2.04. The number of rotatable bonds is 6. The lowest BCUT2D eigenvalue weighted by Gasteiger charge is -2.04. The van der Waals surface area contributed by atoms with E-state index in [1.807, 2.05) is 0 Å². The molecule has 0 atom stereocenters. The summed E-state index contributed by atoms with van der Waals surface area (Å²) >= 11 is 0.964. The monoisotopic (exact) mass is 325 g/mol. The van der Waals surface area contributed by atoms with Gasteiger partial charge in [-0.3, -0.25) is 14.9 Å². The predicted molar refractivity (Wildman–Crippen MR) is 77.4 cm³/mol. The van der Waals surface area contributed by atoms with Gasteiger partial charge in [0.15, 0.2) is 5.78 Å². The standard InChI is InChI=1S/C14H9F2NO4S/c15-14(16)21-11-4-2-10(3-5-11)12(18)6-1-9-7-13(17(19)20)22-8-9/h1-8,14H/b6-1+. The van der Waals surface area contributed by atoms with Gasteiger partial charge in [-0.2, -0.15) is 8.78 Å². The third-order valence-electron chi connectivity index (χ3n) is 2.58. The molecule has 5 nitrogen and oxygen atoms in total. The van der Waals surface area contributed by atoms with Gasteiger partial charge in [-0.1, -0.05) is 11.3 Å². The van der Waals surface area contributed by atoms with Crippen molar-refractivity contribution in [2.24, 2.45) is 0 Å². The summed E-state index contributed by atoms with van der Waals surface area (Å²) < 4.78 is 28.2. The highest BCUT2D eigenvalue weighted by molar-refractivity contribution is 7.13. The van der Waals surface area contributed by atoms with Gasteiger partial charge in [-0.15, -0.1) is 0 Å². The minimum atomic E-state index is -2.92. The average Bonchev–Trinajstić information content (AvgIpc) is 2.94. The summed E-state index contributed by atoms with van der Waals surface area (Å²) in [5.74, 6) is -0.388. The van der Waals surface area contributed by atoms with Crippen molar-refractivity contribution in [3.63, 3.8) is 0 Å². The molecule has 0 radical (unpaired) electrons. The van der Waals surface area contributed by atoms with Crippen molar-refractivity contribution in [2.45, 2.75) is 6.61 Å². The first-order valence-electron chi connectivity index (χ1n) is 5.96. The van der Waals surface area contributed by atoms with Crippen LogP contribution in [0.25, 0.3) is 6.08 Å². The first-order chi connectivity index (χ1) is 10.5. The average molecular weight is 325 g/mol. The normalized spacial score (nSPS) is 11.0. The van der Waals surface area contributed by atoms with E-state index in [0.717, 1.165) is 11.3 Å². The Morgan fingerprint density at radius 2 is 2.00 bits per heavy atom. The smallest absolute Gasteiger partial charge is 0.387 e. The van der Waals surface area contributed by atoms with E-state index in [-0.39, 0.29) is 16.5 Å². The van der Waals surface area contributed by atoms with Gasteiger partial charge in [0.25, 0.3) is 0 Å². The maximum atomic E-state index is 12.0. The number of benzene rings is 1. The number of ether oxygens (including phenoxy) is 1. The Morgan fingerprint density at radius 3 is 2.55 bits per heavy atom. The molecule has 22 heavy (non-hydrogen) atoms. The number of alkyl halides is 2. The molecule has 8 heteroatoms. The van der Waals surface area contributed by atoms with Crippen molar-refractivity contribution in [2.75, 3.05) is 0 Å². The van der Waals surface area contributed by atoms with Crippen molar-refractivity contribution in [3.05, 3.63) is 63.0 Å². The maximum Gasteiger partial charge on any atom is 0.387 e. The molecule has 0 bridgehead atoms. The molecule has 0 amide bonds. The first-order valence-corrected chi connectivity index (χ1v) is 6.84. The number of hydrogen-bond acceptors (Lipinski definition) is 5. The third kappa shape index (κ3) is 4.19. The highest BCUT2D eigenvalue weighted by Crippen LogP contribution is 2.23. The molecule has 0 aliphatic carbocycles. The minimum absolute atomic E-state index is 0.0133. The number of carbonyl (C=O) groups is 1. The predicted octanol–water partition coefficient (Wildman–Crippen LogP) is 4.15. The first kappa shape index (κ1) is 15.8. The van der Waals surface area contributed by atoms with Crippen LogP contribution in [0.5, 0.6) is 5.75 Å². The fourth-order valence-corrected chi connectivity index (χ4v) is 2.28. The maximum absolute atomic E-state index is 12.0. The highest BCUT2D eigenvalue weighted by atomic mass is 32.1. The Bertz CT molecular complexity index is 710. The van der Waals surface area contributed by atoms with E-state index >= 15 is 0 Å². The van der Waals surface area contributed by atoms with Gasteiger partial charge in [0, 0.05) is 17.0 Å². The van der Waals surface area contributed by atoms with Crippen LogP contribution in [0, 0.1) is 10.1 Å². The van der Waals surface area contributed by atoms with E-state index in [1.54, 1.807) is 5.38 Å². The molecule has 114 valence electrons. The number of halogens is 2. The lowest BCUT2D eigenvalue weighted by Crippen LogP contribution is -2.02. The Morgan fingerprint density at radius 1 is 1.32 bits per heavy atom. The van der Waals surface area contributed by atoms with Gasteiger partial charge < -0.3 is 4.74 Å². The number of thiophene rings is 1. The zero-order chi connectivity index (χ0) is 16.1. The molecule has 0 fully saturated rings.